The molecule has 3 aromatic carbocycles. The quantitative estimate of drug-likeness (QED) is 0.135. The molecular weight excluding hydrogens is 508 g/mol. The number of hydrogen-bond donors (Lipinski definition) is 0. The van der Waals surface area contributed by atoms with Gasteiger partial charge in [0.05, 0.1) is 39.6 Å². The van der Waals surface area contributed by atoms with Gasteiger partial charge in [-0.1, -0.05) is 91.0 Å². The number of carbonyl (C=O) groups is 1. The Labute approximate surface area is 238 Å². The fourth-order valence-corrected chi connectivity index (χ4v) is 4.62. The van der Waals surface area contributed by atoms with E-state index in [1.807, 2.05) is 91.0 Å². The average molecular weight is 551 g/mol. The van der Waals surface area contributed by atoms with Gasteiger partial charge in [-0.05, 0) is 29.5 Å². The molecule has 0 bridgehead atoms. The van der Waals surface area contributed by atoms with E-state index in [-0.39, 0.29) is 18.0 Å². The highest BCUT2D eigenvalue weighted by Gasteiger charge is 2.37. The molecule has 0 spiro atoms. The van der Waals surface area contributed by atoms with Crippen molar-refractivity contribution in [3.8, 4) is 0 Å². The molecule has 0 heterocycles. The first-order chi connectivity index (χ1) is 19.6. The van der Waals surface area contributed by atoms with Crippen molar-refractivity contribution in [1.82, 2.24) is 0 Å². The van der Waals surface area contributed by atoms with E-state index in [1.165, 1.54) is 7.11 Å². The lowest BCUT2D eigenvalue weighted by molar-refractivity contribution is -0.219. The Morgan fingerprint density at radius 1 is 0.675 bits per heavy atom. The summed E-state index contributed by atoms with van der Waals surface area (Å²) in [7, 11) is 4.61. The lowest BCUT2D eigenvalue weighted by atomic mass is 9.89. The predicted molar refractivity (Wildman–Crippen MR) is 153 cm³/mol. The van der Waals surface area contributed by atoms with Crippen molar-refractivity contribution in [2.45, 2.75) is 57.6 Å². The zero-order valence-electron chi connectivity index (χ0n) is 23.8. The van der Waals surface area contributed by atoms with Gasteiger partial charge in [0.2, 0.25) is 0 Å². The van der Waals surface area contributed by atoms with Gasteiger partial charge in [-0.15, -0.1) is 0 Å². The summed E-state index contributed by atoms with van der Waals surface area (Å²) in [5, 5.41) is 0. The molecule has 0 aromatic heterocycles. The molecule has 0 amide bonds. The number of hydrogen-bond acceptors (Lipinski definition) is 7. The maximum absolute atomic E-state index is 12.0. The summed E-state index contributed by atoms with van der Waals surface area (Å²) >= 11 is 0. The maximum Gasteiger partial charge on any atom is 0.305 e. The molecular formula is C33H42O7. The molecule has 0 aliphatic heterocycles. The van der Waals surface area contributed by atoms with Crippen LogP contribution in [0.1, 0.15) is 36.0 Å². The van der Waals surface area contributed by atoms with Crippen LogP contribution in [0, 0.1) is 5.92 Å². The van der Waals surface area contributed by atoms with Crippen LogP contribution in [0.5, 0.6) is 0 Å². The largest absolute Gasteiger partial charge is 0.469 e. The van der Waals surface area contributed by atoms with Crippen LogP contribution in [-0.4, -0.2) is 52.4 Å². The highest BCUT2D eigenvalue weighted by Crippen LogP contribution is 2.29. The minimum Gasteiger partial charge on any atom is -0.469 e. The second kappa shape index (κ2) is 18.3. The molecule has 7 heteroatoms. The number of carbonyl (C=O) groups excluding carboxylic acids is 1. The van der Waals surface area contributed by atoms with Crippen molar-refractivity contribution in [2.24, 2.45) is 5.92 Å². The summed E-state index contributed by atoms with van der Waals surface area (Å²) in [4.78, 5) is 12.0. The van der Waals surface area contributed by atoms with Gasteiger partial charge >= 0.3 is 5.97 Å². The van der Waals surface area contributed by atoms with Gasteiger partial charge in [0, 0.05) is 26.6 Å². The number of ether oxygens (including phenoxy) is 6. The second-order valence-corrected chi connectivity index (χ2v) is 9.57. The summed E-state index contributed by atoms with van der Waals surface area (Å²) in [5.41, 5.74) is 3.17. The Balaban J connectivity index is 1.86. The SMILES string of the molecule is COC(=O)CCC[C@H]([C@H](COCc1ccccc1)OCc1ccccc1)[C@@H](OCc1ccccc1)C(OC)OC. The van der Waals surface area contributed by atoms with Gasteiger partial charge in [-0.25, -0.2) is 0 Å². The molecule has 3 rings (SSSR count). The van der Waals surface area contributed by atoms with Crippen molar-refractivity contribution in [2.75, 3.05) is 27.9 Å². The molecule has 40 heavy (non-hydrogen) atoms. The van der Waals surface area contributed by atoms with Crippen molar-refractivity contribution in [3.05, 3.63) is 108 Å². The van der Waals surface area contributed by atoms with E-state index >= 15 is 0 Å². The van der Waals surface area contributed by atoms with Crippen LogP contribution in [0.4, 0.5) is 0 Å². The fourth-order valence-electron chi connectivity index (χ4n) is 4.62. The molecule has 3 atom stereocenters. The molecule has 216 valence electrons. The van der Waals surface area contributed by atoms with Crippen LogP contribution >= 0.6 is 0 Å². The average Bonchev–Trinajstić information content (AvgIpc) is 3.01. The van der Waals surface area contributed by atoms with Crippen LogP contribution in [0.15, 0.2) is 91.0 Å². The van der Waals surface area contributed by atoms with Gasteiger partial charge in [0.25, 0.3) is 0 Å². The van der Waals surface area contributed by atoms with E-state index in [1.54, 1.807) is 14.2 Å². The zero-order valence-corrected chi connectivity index (χ0v) is 23.8. The Bertz CT molecular complexity index is 1060. The van der Waals surface area contributed by atoms with E-state index in [0.717, 1.165) is 16.7 Å². The molecule has 0 radical (unpaired) electrons. The number of rotatable bonds is 19. The minimum atomic E-state index is -0.649. The summed E-state index contributed by atoms with van der Waals surface area (Å²) in [6, 6.07) is 30.0. The molecule has 0 fully saturated rings. The predicted octanol–water partition coefficient (Wildman–Crippen LogP) is 5.95. The molecule has 0 N–H and O–H groups in total. The third kappa shape index (κ3) is 10.8. The van der Waals surface area contributed by atoms with Crippen LogP contribution in [0.2, 0.25) is 0 Å². The number of esters is 1. The van der Waals surface area contributed by atoms with Gasteiger partial charge in [0.1, 0.15) is 6.10 Å². The van der Waals surface area contributed by atoms with Crippen LogP contribution in [-0.2, 0) is 53.0 Å². The molecule has 7 nitrogen and oxygen atoms in total. The maximum atomic E-state index is 12.0. The zero-order chi connectivity index (χ0) is 28.4. The Kier molecular flexibility index (Phi) is 14.4. The summed E-state index contributed by atoms with van der Waals surface area (Å²) in [6.07, 6.45) is -0.00877. The second-order valence-electron chi connectivity index (χ2n) is 9.57. The Morgan fingerprint density at radius 3 is 1.68 bits per heavy atom. The molecule has 0 aliphatic carbocycles. The lowest BCUT2D eigenvalue weighted by Gasteiger charge is -2.37. The number of benzene rings is 3. The Hall–Kier alpha value is -3.07. The molecule has 0 saturated carbocycles. The smallest absolute Gasteiger partial charge is 0.305 e. The van der Waals surface area contributed by atoms with Crippen molar-refractivity contribution < 1.29 is 33.2 Å². The Morgan fingerprint density at radius 2 is 1.18 bits per heavy atom. The van der Waals surface area contributed by atoms with Crippen LogP contribution in [0.25, 0.3) is 0 Å². The standard InChI is InChI=1S/C33H42O7/c1-35-31(34)21-13-20-29(32(33(36-2)37-3)40-24-28-18-11-6-12-19-28)30(39-23-27-16-9-5-10-17-27)25-38-22-26-14-7-4-8-15-26/h4-12,14-19,29-30,32-33H,13,20-25H2,1-3H3/t29-,30+,32-/m1/s1. The van der Waals surface area contributed by atoms with E-state index < -0.39 is 12.4 Å². The highest BCUT2D eigenvalue weighted by molar-refractivity contribution is 5.68. The first-order valence-corrected chi connectivity index (χ1v) is 13.7. The third-order valence-corrected chi connectivity index (χ3v) is 6.76. The van der Waals surface area contributed by atoms with E-state index in [9.17, 15) is 4.79 Å². The van der Waals surface area contributed by atoms with Crippen molar-refractivity contribution in [3.63, 3.8) is 0 Å². The first-order valence-electron chi connectivity index (χ1n) is 13.7. The van der Waals surface area contributed by atoms with E-state index in [2.05, 4.69) is 0 Å². The van der Waals surface area contributed by atoms with E-state index in [4.69, 9.17) is 28.4 Å². The van der Waals surface area contributed by atoms with Crippen LogP contribution < -0.4 is 0 Å². The third-order valence-electron chi connectivity index (χ3n) is 6.76. The summed E-state index contributed by atoms with van der Waals surface area (Å²) in [5.74, 6) is -0.463. The fraction of sp³-hybridized carbons (Fsp3) is 0.424. The van der Waals surface area contributed by atoms with E-state index in [0.29, 0.717) is 45.7 Å². The normalized spacial score (nSPS) is 13.6. The molecule has 0 unspecified atom stereocenters. The number of methoxy groups -OCH3 is 3. The van der Waals surface area contributed by atoms with Gasteiger partial charge in [-0.3, -0.25) is 4.79 Å². The first kappa shape index (κ1) is 31.5. The topological polar surface area (TPSA) is 72.5 Å². The molecule has 0 aliphatic rings. The minimum absolute atomic E-state index is 0.210. The van der Waals surface area contributed by atoms with Gasteiger partial charge in [-0.2, -0.15) is 0 Å². The summed E-state index contributed by atoms with van der Waals surface area (Å²) < 4.78 is 35.6. The van der Waals surface area contributed by atoms with Gasteiger partial charge < -0.3 is 28.4 Å². The van der Waals surface area contributed by atoms with Crippen LogP contribution in [0.3, 0.4) is 0 Å². The highest BCUT2D eigenvalue weighted by atomic mass is 16.7. The summed E-state index contributed by atoms with van der Waals surface area (Å²) in [6.45, 7) is 1.56. The molecule has 0 saturated heterocycles. The lowest BCUT2D eigenvalue weighted by Crippen LogP contribution is -2.46. The molecule has 3 aromatic rings. The van der Waals surface area contributed by atoms with Crippen molar-refractivity contribution in [1.29, 1.82) is 0 Å². The van der Waals surface area contributed by atoms with Gasteiger partial charge in [0.15, 0.2) is 6.29 Å². The van der Waals surface area contributed by atoms with Crippen molar-refractivity contribution >= 4 is 5.97 Å². The monoisotopic (exact) mass is 550 g/mol.